The fourth-order valence-corrected chi connectivity index (χ4v) is 3.64. The number of hydrogen-bond acceptors (Lipinski definition) is 4. The minimum atomic E-state index is 0.779. The Kier molecular flexibility index (Phi) is 5.18. The van der Waals surface area contributed by atoms with Gasteiger partial charge in [-0.1, -0.05) is 42.5 Å². The number of methoxy groups -OCH3 is 1. The van der Waals surface area contributed by atoms with Crippen molar-refractivity contribution in [1.29, 1.82) is 0 Å². The number of anilines is 1. The zero-order chi connectivity index (χ0) is 17.8. The van der Waals surface area contributed by atoms with E-state index in [2.05, 4.69) is 69.0 Å². The van der Waals surface area contributed by atoms with E-state index in [1.165, 1.54) is 11.1 Å². The highest BCUT2D eigenvalue weighted by Crippen LogP contribution is 2.27. The number of ether oxygens (including phenoxy) is 1. The van der Waals surface area contributed by atoms with Gasteiger partial charge in [-0.2, -0.15) is 0 Å². The Morgan fingerprint density at radius 3 is 2.62 bits per heavy atom. The summed E-state index contributed by atoms with van der Waals surface area (Å²) in [6, 6.07) is 19.1. The van der Waals surface area contributed by atoms with Crippen molar-refractivity contribution in [2.45, 2.75) is 19.5 Å². The molecule has 5 nitrogen and oxygen atoms in total. The number of para-hydroxylation sites is 2. The van der Waals surface area contributed by atoms with E-state index in [1.807, 2.05) is 0 Å². The molecule has 2 heterocycles. The number of aromatic nitrogens is 2. The summed E-state index contributed by atoms with van der Waals surface area (Å²) in [5.74, 6) is 1.08. The largest absolute Gasteiger partial charge is 0.385 e. The van der Waals surface area contributed by atoms with Crippen molar-refractivity contribution in [3.63, 3.8) is 0 Å². The lowest BCUT2D eigenvalue weighted by Gasteiger charge is -2.37. The van der Waals surface area contributed by atoms with Crippen molar-refractivity contribution >= 4 is 17.0 Å². The van der Waals surface area contributed by atoms with Crippen molar-refractivity contribution in [3.05, 3.63) is 60.2 Å². The van der Waals surface area contributed by atoms with Crippen LogP contribution in [0.3, 0.4) is 0 Å². The monoisotopic (exact) mass is 350 g/mol. The van der Waals surface area contributed by atoms with Crippen LogP contribution in [0.2, 0.25) is 0 Å². The fourth-order valence-electron chi connectivity index (χ4n) is 3.64. The standard InChI is InChI=1S/C21H26N4O/c1-26-15-7-13-24-16-23(14-12-18-8-3-2-4-9-18)17-25-20-11-6-5-10-19(20)22-21(24)25/h2-6,8-11H,7,12-17H2,1H3. The number of fused-ring (bicyclic) bond motifs is 3. The molecule has 0 fully saturated rings. The highest BCUT2D eigenvalue weighted by Gasteiger charge is 2.25. The molecule has 0 saturated carbocycles. The predicted octanol–water partition coefficient (Wildman–Crippen LogP) is 3.35. The van der Waals surface area contributed by atoms with Gasteiger partial charge in [-0.15, -0.1) is 0 Å². The van der Waals surface area contributed by atoms with Gasteiger partial charge in [-0.3, -0.25) is 9.47 Å². The highest BCUT2D eigenvalue weighted by atomic mass is 16.5. The van der Waals surface area contributed by atoms with Crippen LogP contribution in [0, 0.1) is 0 Å². The molecule has 0 aliphatic carbocycles. The third-order valence-electron chi connectivity index (χ3n) is 4.97. The third kappa shape index (κ3) is 3.59. The van der Waals surface area contributed by atoms with Gasteiger partial charge in [0.2, 0.25) is 5.95 Å². The third-order valence-corrected chi connectivity index (χ3v) is 4.97. The zero-order valence-corrected chi connectivity index (χ0v) is 15.3. The van der Waals surface area contributed by atoms with Crippen LogP contribution in [0.15, 0.2) is 54.6 Å². The molecule has 0 amide bonds. The van der Waals surface area contributed by atoms with Gasteiger partial charge in [0.25, 0.3) is 0 Å². The Morgan fingerprint density at radius 1 is 0.962 bits per heavy atom. The summed E-state index contributed by atoms with van der Waals surface area (Å²) in [5.41, 5.74) is 3.67. The normalized spacial score (nSPS) is 14.7. The lowest BCUT2D eigenvalue weighted by atomic mass is 10.1. The topological polar surface area (TPSA) is 33.5 Å². The van der Waals surface area contributed by atoms with Crippen LogP contribution in [0.1, 0.15) is 12.0 Å². The molecule has 3 aromatic rings. The minimum Gasteiger partial charge on any atom is -0.385 e. The van der Waals surface area contributed by atoms with E-state index in [4.69, 9.17) is 9.72 Å². The van der Waals surface area contributed by atoms with Crippen molar-refractivity contribution in [2.24, 2.45) is 0 Å². The highest BCUT2D eigenvalue weighted by molar-refractivity contribution is 5.79. The first kappa shape index (κ1) is 17.1. The summed E-state index contributed by atoms with van der Waals surface area (Å²) in [7, 11) is 1.76. The molecule has 0 spiro atoms. The van der Waals surface area contributed by atoms with E-state index >= 15 is 0 Å². The molecule has 2 aromatic carbocycles. The van der Waals surface area contributed by atoms with Crippen LogP contribution in [0.25, 0.3) is 11.0 Å². The van der Waals surface area contributed by atoms with Crippen LogP contribution in [-0.4, -0.2) is 47.9 Å². The first-order chi connectivity index (χ1) is 12.8. The van der Waals surface area contributed by atoms with E-state index in [-0.39, 0.29) is 0 Å². The van der Waals surface area contributed by atoms with Crippen molar-refractivity contribution in [2.75, 3.05) is 38.4 Å². The summed E-state index contributed by atoms with van der Waals surface area (Å²) >= 11 is 0. The Hall–Kier alpha value is -2.37. The lowest BCUT2D eigenvalue weighted by molar-refractivity contribution is 0.181. The van der Waals surface area contributed by atoms with Gasteiger partial charge in [0.05, 0.1) is 24.4 Å². The maximum atomic E-state index is 5.24. The average Bonchev–Trinajstić information content (AvgIpc) is 3.06. The van der Waals surface area contributed by atoms with Crippen molar-refractivity contribution in [1.82, 2.24) is 14.5 Å². The molecule has 5 heteroatoms. The molecule has 0 radical (unpaired) electrons. The molecule has 4 rings (SSSR count). The second-order valence-electron chi connectivity index (χ2n) is 6.85. The number of imidazole rings is 1. The van der Waals surface area contributed by atoms with Gasteiger partial charge in [0.15, 0.2) is 0 Å². The smallest absolute Gasteiger partial charge is 0.208 e. The maximum Gasteiger partial charge on any atom is 0.208 e. The van der Waals surface area contributed by atoms with E-state index in [0.29, 0.717) is 0 Å². The second kappa shape index (κ2) is 7.89. The SMILES string of the molecule is COCCCN1CN(CCc2ccccc2)Cn2c1nc1ccccc12. The zero-order valence-electron chi connectivity index (χ0n) is 15.3. The molecular formula is C21H26N4O. The summed E-state index contributed by atoms with van der Waals surface area (Å²) in [6.07, 6.45) is 2.07. The number of hydrogen-bond donors (Lipinski definition) is 0. The van der Waals surface area contributed by atoms with Gasteiger partial charge in [0.1, 0.15) is 0 Å². The number of rotatable bonds is 7. The van der Waals surface area contributed by atoms with E-state index in [1.54, 1.807) is 7.11 Å². The quantitative estimate of drug-likeness (QED) is 0.612. The van der Waals surface area contributed by atoms with E-state index < -0.39 is 0 Å². The van der Waals surface area contributed by atoms with Gasteiger partial charge in [0, 0.05) is 26.8 Å². The van der Waals surface area contributed by atoms with Crippen molar-refractivity contribution < 1.29 is 4.74 Å². The molecule has 0 unspecified atom stereocenters. The Bertz CT molecular complexity index is 846. The van der Waals surface area contributed by atoms with Crippen LogP contribution in [0.4, 0.5) is 5.95 Å². The second-order valence-corrected chi connectivity index (χ2v) is 6.85. The lowest BCUT2D eigenvalue weighted by Crippen LogP contribution is -2.46. The average molecular weight is 350 g/mol. The molecule has 0 bridgehead atoms. The molecule has 1 aromatic heterocycles. The Labute approximate surface area is 154 Å². The maximum absolute atomic E-state index is 5.24. The van der Waals surface area contributed by atoms with Crippen LogP contribution < -0.4 is 4.90 Å². The molecule has 0 saturated heterocycles. The van der Waals surface area contributed by atoms with Gasteiger partial charge in [-0.05, 0) is 30.5 Å². The first-order valence-corrected chi connectivity index (χ1v) is 9.30. The number of benzene rings is 2. The van der Waals surface area contributed by atoms with Gasteiger partial charge < -0.3 is 9.64 Å². The molecule has 1 aliphatic rings. The summed E-state index contributed by atoms with van der Waals surface area (Å²) in [4.78, 5) is 9.77. The summed E-state index contributed by atoms with van der Waals surface area (Å²) in [6.45, 7) is 4.58. The fraction of sp³-hybridized carbons (Fsp3) is 0.381. The molecule has 0 N–H and O–H groups in total. The molecule has 26 heavy (non-hydrogen) atoms. The van der Waals surface area contributed by atoms with Crippen LogP contribution in [-0.2, 0) is 17.8 Å². The molecule has 1 aliphatic heterocycles. The van der Waals surface area contributed by atoms with Gasteiger partial charge in [-0.25, -0.2) is 4.98 Å². The van der Waals surface area contributed by atoms with E-state index in [9.17, 15) is 0 Å². The summed E-state index contributed by atoms with van der Waals surface area (Å²) < 4.78 is 7.59. The van der Waals surface area contributed by atoms with E-state index in [0.717, 1.165) is 57.3 Å². The molecular weight excluding hydrogens is 324 g/mol. The Balaban J connectivity index is 1.55. The Morgan fingerprint density at radius 2 is 1.77 bits per heavy atom. The number of nitrogens with zero attached hydrogens (tertiary/aromatic N) is 4. The minimum absolute atomic E-state index is 0.779. The van der Waals surface area contributed by atoms with Gasteiger partial charge >= 0.3 is 0 Å². The molecule has 136 valence electrons. The van der Waals surface area contributed by atoms with Crippen molar-refractivity contribution in [3.8, 4) is 0 Å². The van der Waals surface area contributed by atoms with Crippen LogP contribution in [0.5, 0.6) is 0 Å². The molecule has 0 atom stereocenters. The summed E-state index contributed by atoms with van der Waals surface area (Å²) in [5, 5.41) is 0. The predicted molar refractivity (Wildman–Crippen MR) is 105 cm³/mol. The first-order valence-electron chi connectivity index (χ1n) is 9.30. The van der Waals surface area contributed by atoms with Crippen LogP contribution >= 0.6 is 0 Å².